The van der Waals surface area contributed by atoms with E-state index in [2.05, 4.69) is 36.6 Å². The van der Waals surface area contributed by atoms with Crippen LogP contribution in [0.25, 0.3) is 0 Å². The lowest BCUT2D eigenvalue weighted by Crippen LogP contribution is -2.33. The number of amides is 1. The van der Waals surface area contributed by atoms with Gasteiger partial charge in [0.15, 0.2) is 0 Å². The molecule has 1 atom stereocenters. The summed E-state index contributed by atoms with van der Waals surface area (Å²) in [5, 5.41) is 6.17. The Morgan fingerprint density at radius 3 is 2.96 bits per heavy atom. The fraction of sp³-hybridized carbons (Fsp3) is 0.471. The van der Waals surface area contributed by atoms with Gasteiger partial charge in [-0.25, -0.2) is 9.97 Å². The maximum atomic E-state index is 11.9. The first kappa shape index (κ1) is 16.4. The number of anilines is 1. The molecule has 3 N–H and O–H groups in total. The number of aryl methyl sites for hydroxylation is 1. The smallest absolute Gasteiger partial charge is 0.288 e. The average molecular weight is 328 g/mol. The summed E-state index contributed by atoms with van der Waals surface area (Å²) in [6.07, 6.45) is 5.00. The number of hydrogen-bond acceptors (Lipinski definition) is 5. The monoisotopic (exact) mass is 328 g/mol. The van der Waals surface area contributed by atoms with E-state index in [9.17, 15) is 4.79 Å². The molecule has 1 saturated heterocycles. The molecule has 1 amide bonds. The molecule has 0 unspecified atom stereocenters. The Hall–Kier alpha value is -2.41. The van der Waals surface area contributed by atoms with Crippen molar-refractivity contribution < 1.29 is 4.79 Å². The average Bonchev–Trinajstić information content (AvgIpc) is 3.25. The molecule has 1 aliphatic heterocycles. The first-order chi connectivity index (χ1) is 11.6. The first-order valence-corrected chi connectivity index (χ1v) is 8.25. The van der Waals surface area contributed by atoms with Crippen LogP contribution in [0.15, 0.2) is 18.5 Å². The third kappa shape index (κ3) is 3.41. The van der Waals surface area contributed by atoms with Crippen molar-refractivity contribution in [3.05, 3.63) is 41.1 Å². The number of aromatic amines is 1. The molecule has 0 aliphatic carbocycles. The summed E-state index contributed by atoms with van der Waals surface area (Å²) in [7, 11) is 1.59. The molecular weight excluding hydrogens is 304 g/mol. The van der Waals surface area contributed by atoms with E-state index in [1.807, 2.05) is 26.2 Å². The van der Waals surface area contributed by atoms with Gasteiger partial charge < -0.3 is 20.5 Å². The number of carbonyl (C=O) groups is 1. The third-order valence-corrected chi connectivity index (χ3v) is 4.54. The lowest BCUT2D eigenvalue weighted by Gasteiger charge is -2.21. The predicted molar refractivity (Wildman–Crippen MR) is 93.1 cm³/mol. The molecule has 0 bridgehead atoms. The second-order valence-corrected chi connectivity index (χ2v) is 6.19. The molecule has 7 nitrogen and oxygen atoms in total. The van der Waals surface area contributed by atoms with Gasteiger partial charge in [0, 0.05) is 56.4 Å². The van der Waals surface area contributed by atoms with E-state index in [0.29, 0.717) is 6.04 Å². The van der Waals surface area contributed by atoms with Crippen molar-refractivity contribution in [1.29, 1.82) is 0 Å². The number of carbonyl (C=O) groups excluding carboxylic acids is 1. The van der Waals surface area contributed by atoms with E-state index in [1.165, 1.54) is 5.56 Å². The van der Waals surface area contributed by atoms with Crippen molar-refractivity contribution in [1.82, 2.24) is 25.6 Å². The number of hydrogen-bond donors (Lipinski definition) is 3. The largest absolute Gasteiger partial charge is 0.367 e. The van der Waals surface area contributed by atoms with Crippen molar-refractivity contribution in [2.24, 2.45) is 0 Å². The molecule has 2 aromatic rings. The highest BCUT2D eigenvalue weighted by Gasteiger charge is 2.26. The fourth-order valence-corrected chi connectivity index (χ4v) is 2.98. The summed E-state index contributed by atoms with van der Waals surface area (Å²) in [5.74, 6) is 0.854. The summed E-state index contributed by atoms with van der Waals surface area (Å²) in [6, 6.07) is 2.49. The highest BCUT2D eigenvalue weighted by Crippen LogP contribution is 2.24. The van der Waals surface area contributed by atoms with Crippen LogP contribution in [0.5, 0.6) is 0 Å². The number of nitrogens with zero attached hydrogens (tertiary/aromatic N) is 3. The van der Waals surface area contributed by atoms with E-state index >= 15 is 0 Å². The number of H-pyrrole nitrogens is 1. The zero-order valence-corrected chi connectivity index (χ0v) is 14.4. The molecule has 1 aliphatic rings. The molecular formula is C17H24N6O. The Kier molecular flexibility index (Phi) is 4.80. The lowest BCUT2D eigenvalue weighted by atomic mass is 10.2. The highest BCUT2D eigenvalue weighted by atomic mass is 16.2. The van der Waals surface area contributed by atoms with Gasteiger partial charge in [-0.2, -0.15) is 0 Å². The first-order valence-electron chi connectivity index (χ1n) is 8.25. The Labute approximate surface area is 141 Å². The minimum absolute atomic E-state index is 0.235. The molecule has 0 saturated carbocycles. The van der Waals surface area contributed by atoms with Crippen molar-refractivity contribution in [3.8, 4) is 0 Å². The van der Waals surface area contributed by atoms with Crippen molar-refractivity contribution in [3.63, 3.8) is 0 Å². The van der Waals surface area contributed by atoms with Crippen LogP contribution in [0.3, 0.4) is 0 Å². The molecule has 3 heterocycles. The zero-order valence-electron chi connectivity index (χ0n) is 14.4. The topological polar surface area (TPSA) is 85.9 Å². The zero-order chi connectivity index (χ0) is 17.1. The molecule has 128 valence electrons. The van der Waals surface area contributed by atoms with Gasteiger partial charge in [0.2, 0.25) is 5.82 Å². The van der Waals surface area contributed by atoms with E-state index in [0.717, 1.165) is 43.1 Å². The SMILES string of the molecule is CNC(=O)c1nc(C)c(C)c(N2CC[C@@H](NCc3cc[nH]c3)C2)n1. The van der Waals surface area contributed by atoms with E-state index < -0.39 is 0 Å². The second-order valence-electron chi connectivity index (χ2n) is 6.19. The normalized spacial score (nSPS) is 17.3. The van der Waals surface area contributed by atoms with E-state index in [1.54, 1.807) is 7.05 Å². The summed E-state index contributed by atoms with van der Waals surface area (Å²) in [4.78, 5) is 26.0. The number of nitrogens with one attached hydrogen (secondary N) is 3. The minimum Gasteiger partial charge on any atom is -0.367 e. The van der Waals surface area contributed by atoms with E-state index in [-0.39, 0.29) is 11.7 Å². The van der Waals surface area contributed by atoms with Gasteiger partial charge in [0.25, 0.3) is 5.91 Å². The van der Waals surface area contributed by atoms with Gasteiger partial charge in [0.1, 0.15) is 5.82 Å². The summed E-state index contributed by atoms with van der Waals surface area (Å²) >= 11 is 0. The molecule has 0 radical (unpaired) electrons. The van der Waals surface area contributed by atoms with Crippen LogP contribution in [-0.2, 0) is 6.54 Å². The van der Waals surface area contributed by atoms with Crippen molar-refractivity contribution in [2.75, 3.05) is 25.0 Å². The van der Waals surface area contributed by atoms with Crippen molar-refractivity contribution in [2.45, 2.75) is 32.9 Å². The Morgan fingerprint density at radius 1 is 1.42 bits per heavy atom. The van der Waals surface area contributed by atoms with Crippen LogP contribution in [0.4, 0.5) is 5.82 Å². The van der Waals surface area contributed by atoms with Crippen molar-refractivity contribution >= 4 is 11.7 Å². The molecule has 0 spiro atoms. The maximum absolute atomic E-state index is 11.9. The second kappa shape index (κ2) is 7.00. The molecule has 24 heavy (non-hydrogen) atoms. The third-order valence-electron chi connectivity index (χ3n) is 4.54. The molecule has 1 fully saturated rings. The predicted octanol–water partition coefficient (Wildman–Crippen LogP) is 1.15. The van der Waals surface area contributed by atoms with Gasteiger partial charge in [-0.1, -0.05) is 0 Å². The molecule has 2 aromatic heterocycles. The van der Waals surface area contributed by atoms with Gasteiger partial charge in [-0.3, -0.25) is 4.79 Å². The van der Waals surface area contributed by atoms with Crippen LogP contribution in [0.1, 0.15) is 33.9 Å². The summed E-state index contributed by atoms with van der Waals surface area (Å²) < 4.78 is 0. The molecule has 3 rings (SSSR count). The Morgan fingerprint density at radius 2 is 2.25 bits per heavy atom. The van der Waals surface area contributed by atoms with Crippen LogP contribution >= 0.6 is 0 Å². The van der Waals surface area contributed by atoms with Crippen LogP contribution < -0.4 is 15.5 Å². The standard InChI is InChI=1S/C17H24N6O/c1-11-12(2)21-15(17(24)18-3)22-16(11)23-7-5-14(10-23)20-9-13-4-6-19-8-13/h4,6,8,14,19-20H,5,7,9-10H2,1-3H3,(H,18,24)/t14-/m1/s1. The van der Waals surface area contributed by atoms with Crippen LogP contribution in [-0.4, -0.2) is 47.0 Å². The highest BCUT2D eigenvalue weighted by molar-refractivity contribution is 5.90. The summed E-state index contributed by atoms with van der Waals surface area (Å²) in [6.45, 7) is 6.60. The van der Waals surface area contributed by atoms with Gasteiger partial charge in [-0.05, 0) is 31.9 Å². The molecule has 7 heteroatoms. The Balaban J connectivity index is 1.70. The van der Waals surface area contributed by atoms with Gasteiger partial charge in [0.05, 0.1) is 0 Å². The van der Waals surface area contributed by atoms with Crippen LogP contribution in [0.2, 0.25) is 0 Å². The minimum atomic E-state index is -0.249. The summed E-state index contributed by atoms with van der Waals surface area (Å²) in [5.41, 5.74) is 3.14. The quantitative estimate of drug-likeness (QED) is 0.766. The van der Waals surface area contributed by atoms with Crippen LogP contribution in [0, 0.1) is 13.8 Å². The Bertz CT molecular complexity index is 712. The van der Waals surface area contributed by atoms with Gasteiger partial charge >= 0.3 is 0 Å². The van der Waals surface area contributed by atoms with E-state index in [4.69, 9.17) is 0 Å². The van der Waals surface area contributed by atoms with Gasteiger partial charge in [-0.15, -0.1) is 0 Å². The number of rotatable bonds is 5. The maximum Gasteiger partial charge on any atom is 0.288 e. The fourth-order valence-electron chi connectivity index (χ4n) is 2.98. The lowest BCUT2D eigenvalue weighted by molar-refractivity contribution is 0.0952. The molecule has 0 aromatic carbocycles. The number of aromatic nitrogens is 3.